The number of hydrogen-bond acceptors (Lipinski definition) is 4. The van der Waals surface area contributed by atoms with Crippen molar-refractivity contribution in [1.29, 1.82) is 0 Å². The van der Waals surface area contributed by atoms with Crippen LogP contribution in [0.25, 0.3) is 0 Å². The molecule has 0 aliphatic carbocycles. The van der Waals surface area contributed by atoms with Crippen molar-refractivity contribution in [3.8, 4) is 0 Å². The molecule has 0 bridgehead atoms. The molecule has 94 valence electrons. The van der Waals surface area contributed by atoms with Gasteiger partial charge < -0.3 is 10.4 Å². The molecule has 0 aliphatic heterocycles. The molecule has 1 heterocycles. The quantitative estimate of drug-likeness (QED) is 0.897. The summed E-state index contributed by atoms with van der Waals surface area (Å²) in [5.41, 5.74) is 2.36. The number of rotatable bonds is 3. The van der Waals surface area contributed by atoms with Gasteiger partial charge in [0.1, 0.15) is 4.88 Å². The number of carboxylic acid groups (broad SMARTS) is 1. The van der Waals surface area contributed by atoms with Crippen molar-refractivity contribution in [3.63, 3.8) is 0 Å². The molecular weight excluding hydrogens is 272 g/mol. The highest BCUT2D eigenvalue weighted by Crippen LogP contribution is 2.28. The van der Waals surface area contributed by atoms with E-state index in [4.69, 9.17) is 16.7 Å². The number of aromatic nitrogens is 1. The van der Waals surface area contributed by atoms with Gasteiger partial charge in [-0.1, -0.05) is 22.9 Å². The second-order valence-electron chi connectivity index (χ2n) is 3.82. The van der Waals surface area contributed by atoms with Crippen molar-refractivity contribution in [3.05, 3.63) is 39.4 Å². The average Bonchev–Trinajstić information content (AvgIpc) is 2.64. The van der Waals surface area contributed by atoms with Crippen LogP contribution in [0.5, 0.6) is 0 Å². The van der Waals surface area contributed by atoms with E-state index in [1.165, 1.54) is 0 Å². The van der Waals surface area contributed by atoms with E-state index >= 15 is 0 Å². The summed E-state index contributed by atoms with van der Waals surface area (Å²) >= 11 is 6.99. The maximum absolute atomic E-state index is 10.9. The molecule has 18 heavy (non-hydrogen) atoms. The molecule has 0 fully saturated rings. The van der Waals surface area contributed by atoms with Crippen LogP contribution >= 0.6 is 22.9 Å². The number of aromatic carboxylic acids is 1. The number of nitrogens with zero attached hydrogens (tertiary/aromatic N) is 1. The highest BCUT2D eigenvalue weighted by molar-refractivity contribution is 7.17. The minimum absolute atomic E-state index is 0.254. The number of benzene rings is 1. The molecule has 2 N–H and O–H groups in total. The van der Waals surface area contributed by atoms with E-state index in [-0.39, 0.29) is 4.88 Å². The summed E-state index contributed by atoms with van der Waals surface area (Å²) in [4.78, 5) is 15.4. The van der Waals surface area contributed by atoms with Gasteiger partial charge in [-0.25, -0.2) is 9.78 Å². The van der Waals surface area contributed by atoms with Crippen LogP contribution < -0.4 is 5.32 Å². The molecule has 6 heteroatoms. The number of carbonyl (C=O) groups is 1. The van der Waals surface area contributed by atoms with E-state index in [2.05, 4.69) is 10.3 Å². The Kier molecular flexibility index (Phi) is 3.54. The Morgan fingerprint density at radius 2 is 2.17 bits per heavy atom. The van der Waals surface area contributed by atoms with Crippen LogP contribution in [0.15, 0.2) is 18.2 Å². The summed E-state index contributed by atoms with van der Waals surface area (Å²) < 4.78 is 0. The fourth-order valence-electron chi connectivity index (χ4n) is 1.53. The van der Waals surface area contributed by atoms with Crippen LogP contribution in [0, 0.1) is 13.8 Å². The zero-order valence-electron chi connectivity index (χ0n) is 9.82. The molecule has 0 amide bonds. The third kappa shape index (κ3) is 2.63. The SMILES string of the molecule is Cc1cc(Cl)ccc1Nc1nc(C)c(C(=O)O)s1. The highest BCUT2D eigenvalue weighted by Gasteiger charge is 2.14. The molecule has 0 radical (unpaired) electrons. The van der Waals surface area contributed by atoms with Gasteiger partial charge in [-0.15, -0.1) is 0 Å². The number of aryl methyl sites for hydroxylation is 2. The predicted octanol–water partition coefficient (Wildman–Crippen LogP) is 3.86. The number of thiazole rings is 1. The molecule has 0 atom stereocenters. The number of hydrogen-bond donors (Lipinski definition) is 2. The van der Waals surface area contributed by atoms with Crippen molar-refractivity contribution in [1.82, 2.24) is 4.98 Å². The molecule has 0 saturated heterocycles. The Hall–Kier alpha value is -1.59. The molecule has 0 aliphatic rings. The van der Waals surface area contributed by atoms with Gasteiger partial charge in [0.15, 0.2) is 5.13 Å². The summed E-state index contributed by atoms with van der Waals surface area (Å²) in [5.74, 6) is -0.953. The lowest BCUT2D eigenvalue weighted by Gasteiger charge is -2.06. The summed E-state index contributed by atoms with van der Waals surface area (Å²) in [7, 11) is 0. The zero-order valence-corrected chi connectivity index (χ0v) is 11.4. The van der Waals surface area contributed by atoms with Gasteiger partial charge in [0.05, 0.1) is 5.69 Å². The fraction of sp³-hybridized carbons (Fsp3) is 0.167. The smallest absolute Gasteiger partial charge is 0.347 e. The van der Waals surface area contributed by atoms with E-state index in [9.17, 15) is 4.79 Å². The van der Waals surface area contributed by atoms with Crippen LogP contribution in [0.1, 0.15) is 20.9 Å². The average molecular weight is 283 g/mol. The Bertz CT molecular complexity index is 610. The molecule has 1 aromatic heterocycles. The lowest BCUT2D eigenvalue weighted by atomic mass is 10.2. The fourth-order valence-corrected chi connectivity index (χ4v) is 2.58. The predicted molar refractivity (Wildman–Crippen MR) is 73.3 cm³/mol. The maximum Gasteiger partial charge on any atom is 0.347 e. The Labute approximate surface area is 113 Å². The van der Waals surface area contributed by atoms with E-state index in [1.807, 2.05) is 19.1 Å². The first-order valence-corrected chi connectivity index (χ1v) is 6.40. The first-order chi connectivity index (χ1) is 8.47. The van der Waals surface area contributed by atoms with Gasteiger partial charge in [0.25, 0.3) is 0 Å². The molecule has 2 rings (SSSR count). The van der Waals surface area contributed by atoms with Crippen LogP contribution in [0.4, 0.5) is 10.8 Å². The first kappa shape index (κ1) is 12.9. The molecule has 0 saturated carbocycles. The van der Waals surface area contributed by atoms with Crippen molar-refractivity contribution < 1.29 is 9.90 Å². The van der Waals surface area contributed by atoms with Crippen molar-refractivity contribution in [2.24, 2.45) is 0 Å². The Morgan fingerprint density at radius 3 is 2.72 bits per heavy atom. The number of halogens is 1. The maximum atomic E-state index is 10.9. The van der Waals surface area contributed by atoms with Gasteiger partial charge in [0.2, 0.25) is 0 Å². The van der Waals surface area contributed by atoms with E-state index in [0.29, 0.717) is 15.8 Å². The lowest BCUT2D eigenvalue weighted by molar-refractivity contribution is 0.0701. The largest absolute Gasteiger partial charge is 0.477 e. The van der Waals surface area contributed by atoms with Crippen LogP contribution in [-0.4, -0.2) is 16.1 Å². The van der Waals surface area contributed by atoms with Crippen molar-refractivity contribution in [2.45, 2.75) is 13.8 Å². The van der Waals surface area contributed by atoms with Crippen molar-refractivity contribution >= 4 is 39.7 Å². The van der Waals surface area contributed by atoms with E-state index in [1.54, 1.807) is 13.0 Å². The summed E-state index contributed by atoms with van der Waals surface area (Å²) in [6.07, 6.45) is 0. The third-order valence-corrected chi connectivity index (χ3v) is 3.72. The molecule has 1 aromatic carbocycles. The van der Waals surface area contributed by atoms with Gasteiger partial charge in [-0.2, -0.15) is 0 Å². The van der Waals surface area contributed by atoms with Gasteiger partial charge in [-0.05, 0) is 37.6 Å². The minimum atomic E-state index is -0.953. The van der Waals surface area contributed by atoms with Crippen LogP contribution in [-0.2, 0) is 0 Å². The van der Waals surface area contributed by atoms with Gasteiger partial charge in [0, 0.05) is 10.7 Å². The second kappa shape index (κ2) is 4.96. The Balaban J connectivity index is 2.29. The zero-order chi connectivity index (χ0) is 13.3. The number of anilines is 2. The van der Waals surface area contributed by atoms with Gasteiger partial charge >= 0.3 is 5.97 Å². The lowest BCUT2D eigenvalue weighted by Crippen LogP contribution is -1.94. The molecule has 2 aromatic rings. The molecule has 0 unspecified atom stereocenters. The Morgan fingerprint density at radius 1 is 1.44 bits per heavy atom. The number of nitrogens with one attached hydrogen (secondary N) is 1. The minimum Gasteiger partial charge on any atom is -0.477 e. The highest BCUT2D eigenvalue weighted by atomic mass is 35.5. The second-order valence-corrected chi connectivity index (χ2v) is 5.26. The molecular formula is C12H11ClN2O2S. The molecule has 4 nitrogen and oxygen atoms in total. The summed E-state index contributed by atoms with van der Waals surface area (Å²) in [6.45, 7) is 3.60. The van der Waals surface area contributed by atoms with Crippen LogP contribution in [0.3, 0.4) is 0 Å². The van der Waals surface area contributed by atoms with E-state index < -0.39 is 5.97 Å². The number of carboxylic acids is 1. The summed E-state index contributed by atoms with van der Waals surface area (Å²) in [6, 6.07) is 5.45. The topological polar surface area (TPSA) is 62.2 Å². The van der Waals surface area contributed by atoms with Crippen molar-refractivity contribution in [2.75, 3.05) is 5.32 Å². The van der Waals surface area contributed by atoms with Crippen LogP contribution in [0.2, 0.25) is 5.02 Å². The normalized spacial score (nSPS) is 10.4. The van der Waals surface area contributed by atoms with E-state index in [0.717, 1.165) is 22.6 Å². The standard InChI is InChI=1S/C12H11ClN2O2S/c1-6-5-8(13)3-4-9(6)15-12-14-7(2)10(18-12)11(16)17/h3-5H,1-2H3,(H,14,15)(H,16,17). The third-order valence-electron chi connectivity index (χ3n) is 2.42. The first-order valence-electron chi connectivity index (χ1n) is 5.21. The monoisotopic (exact) mass is 282 g/mol. The summed E-state index contributed by atoms with van der Waals surface area (Å²) in [5, 5.41) is 13.3. The molecule has 0 spiro atoms. The van der Waals surface area contributed by atoms with Gasteiger partial charge in [-0.3, -0.25) is 0 Å².